The third kappa shape index (κ3) is 2.62. The Kier molecular flexibility index (Phi) is 3.06. The van der Waals surface area contributed by atoms with Crippen LogP contribution < -0.4 is 10.5 Å². The zero-order valence-corrected chi connectivity index (χ0v) is 11.7. The van der Waals surface area contributed by atoms with E-state index in [-0.39, 0.29) is 23.1 Å². The molecule has 3 rings (SSSR count). The van der Waals surface area contributed by atoms with Crippen LogP contribution in [0.5, 0.6) is 5.75 Å². The van der Waals surface area contributed by atoms with Crippen LogP contribution in [0.15, 0.2) is 24.3 Å². The zero-order chi connectivity index (χ0) is 13.5. The summed E-state index contributed by atoms with van der Waals surface area (Å²) in [5, 5.41) is 0. The molecule has 1 aromatic carbocycles. The summed E-state index contributed by atoms with van der Waals surface area (Å²) in [6.45, 7) is 0. The third-order valence-corrected chi connectivity index (χ3v) is 5.85. The van der Waals surface area contributed by atoms with E-state index in [4.69, 9.17) is 10.5 Å². The summed E-state index contributed by atoms with van der Waals surface area (Å²) in [4.78, 5) is 0. The highest BCUT2D eigenvalue weighted by molar-refractivity contribution is 7.92. The van der Waals surface area contributed by atoms with Crippen LogP contribution in [0.2, 0.25) is 0 Å². The second-order valence-electron chi connectivity index (χ2n) is 5.71. The van der Waals surface area contributed by atoms with E-state index in [2.05, 4.69) is 0 Å². The number of rotatable bonds is 3. The summed E-state index contributed by atoms with van der Waals surface area (Å²) in [7, 11) is -2.84. The fourth-order valence-corrected chi connectivity index (χ4v) is 4.12. The molecule has 0 atom stereocenters. The average Bonchev–Trinajstić information content (AvgIpc) is 2.76. The van der Waals surface area contributed by atoms with Crippen LogP contribution in [-0.2, 0) is 15.4 Å². The Morgan fingerprint density at radius 3 is 2.53 bits per heavy atom. The maximum atomic E-state index is 11.1. The molecule has 2 N–H and O–H groups in total. The van der Waals surface area contributed by atoms with Crippen molar-refractivity contribution < 1.29 is 13.2 Å². The van der Waals surface area contributed by atoms with Crippen LogP contribution in [0, 0.1) is 0 Å². The summed E-state index contributed by atoms with van der Waals surface area (Å²) >= 11 is 0. The highest BCUT2D eigenvalue weighted by atomic mass is 32.2. The molecule has 0 aromatic heterocycles. The fraction of sp³-hybridized carbons (Fsp3) is 0.571. The highest BCUT2D eigenvalue weighted by Crippen LogP contribution is 2.37. The van der Waals surface area contributed by atoms with Gasteiger partial charge in [0, 0.05) is 5.54 Å². The monoisotopic (exact) mass is 281 g/mol. The molecule has 0 amide bonds. The van der Waals surface area contributed by atoms with Crippen LogP contribution in [0.3, 0.4) is 0 Å². The summed E-state index contributed by atoms with van der Waals surface area (Å²) < 4.78 is 27.9. The molecule has 1 heterocycles. The predicted molar refractivity (Wildman–Crippen MR) is 73.8 cm³/mol. The predicted octanol–water partition coefficient (Wildman–Crippen LogP) is 1.59. The van der Waals surface area contributed by atoms with Gasteiger partial charge in [0.05, 0.1) is 11.5 Å². The normalized spacial score (nSPS) is 24.9. The molecular weight excluding hydrogens is 262 g/mol. The first-order valence-corrected chi connectivity index (χ1v) is 8.56. The van der Waals surface area contributed by atoms with Gasteiger partial charge in [0.1, 0.15) is 11.9 Å². The third-order valence-electron chi connectivity index (χ3n) is 4.09. The first-order valence-electron chi connectivity index (χ1n) is 6.73. The summed E-state index contributed by atoms with van der Waals surface area (Å²) in [6, 6.07) is 7.81. The molecule has 1 aromatic rings. The van der Waals surface area contributed by atoms with Gasteiger partial charge in [0.25, 0.3) is 0 Å². The number of nitrogens with two attached hydrogens (primary N) is 1. The van der Waals surface area contributed by atoms with Crippen LogP contribution in [-0.4, -0.2) is 26.0 Å². The molecule has 0 spiro atoms. The van der Waals surface area contributed by atoms with Crippen LogP contribution in [0.25, 0.3) is 0 Å². The highest BCUT2D eigenvalue weighted by Gasteiger charge is 2.36. The van der Waals surface area contributed by atoms with E-state index >= 15 is 0 Å². The van der Waals surface area contributed by atoms with Crippen molar-refractivity contribution in [3.8, 4) is 5.75 Å². The van der Waals surface area contributed by atoms with Gasteiger partial charge in [-0.15, -0.1) is 0 Å². The maximum absolute atomic E-state index is 11.1. The molecule has 5 heteroatoms. The van der Waals surface area contributed by atoms with Gasteiger partial charge in [-0.3, -0.25) is 0 Å². The van der Waals surface area contributed by atoms with Gasteiger partial charge in [-0.25, -0.2) is 8.42 Å². The van der Waals surface area contributed by atoms with Crippen molar-refractivity contribution in [3.63, 3.8) is 0 Å². The van der Waals surface area contributed by atoms with E-state index in [1.54, 1.807) is 0 Å². The summed E-state index contributed by atoms with van der Waals surface area (Å²) in [6.07, 6.45) is 4.16. The summed E-state index contributed by atoms with van der Waals surface area (Å²) in [5.41, 5.74) is 7.29. The number of hydrogen-bond donors (Lipinski definition) is 1. The van der Waals surface area contributed by atoms with E-state index in [9.17, 15) is 8.42 Å². The largest absolute Gasteiger partial charge is 0.488 e. The smallest absolute Gasteiger partial charge is 0.157 e. The molecule has 0 radical (unpaired) electrons. The van der Waals surface area contributed by atoms with Crippen molar-refractivity contribution in [2.45, 2.75) is 37.3 Å². The number of ether oxygens (including phenoxy) is 1. The Labute approximate surface area is 113 Å². The number of benzene rings is 1. The zero-order valence-electron chi connectivity index (χ0n) is 10.8. The first kappa shape index (κ1) is 12.9. The quantitative estimate of drug-likeness (QED) is 0.913. The molecule has 19 heavy (non-hydrogen) atoms. The van der Waals surface area contributed by atoms with Crippen molar-refractivity contribution in [3.05, 3.63) is 29.8 Å². The molecule has 1 aliphatic carbocycles. The van der Waals surface area contributed by atoms with E-state index in [0.717, 1.165) is 24.2 Å². The van der Waals surface area contributed by atoms with E-state index in [0.29, 0.717) is 0 Å². The minimum Gasteiger partial charge on any atom is -0.488 e. The standard InChI is InChI=1S/C14H19NO3S/c15-14(6-1-2-7-14)11-4-3-5-12(8-11)18-13-9-19(16,17)10-13/h3-5,8,13H,1-2,6-7,9-10,15H2. The lowest BCUT2D eigenvalue weighted by Crippen LogP contribution is -2.45. The van der Waals surface area contributed by atoms with Crippen molar-refractivity contribution in [2.75, 3.05) is 11.5 Å². The molecule has 1 saturated heterocycles. The number of sulfone groups is 1. The average molecular weight is 281 g/mol. The SMILES string of the molecule is NC1(c2cccc(OC3CS(=O)(=O)C3)c2)CCCC1. The number of hydrogen-bond acceptors (Lipinski definition) is 4. The topological polar surface area (TPSA) is 69.4 Å². The van der Waals surface area contributed by atoms with Crippen molar-refractivity contribution >= 4 is 9.84 Å². The van der Waals surface area contributed by atoms with Gasteiger partial charge in [-0.2, -0.15) is 0 Å². The Hall–Kier alpha value is -1.07. The maximum Gasteiger partial charge on any atom is 0.157 e. The van der Waals surface area contributed by atoms with Gasteiger partial charge in [-0.1, -0.05) is 25.0 Å². The van der Waals surface area contributed by atoms with Gasteiger partial charge >= 0.3 is 0 Å². The van der Waals surface area contributed by atoms with Crippen LogP contribution in [0.4, 0.5) is 0 Å². The van der Waals surface area contributed by atoms with Crippen LogP contribution >= 0.6 is 0 Å². The minimum absolute atomic E-state index is 0.130. The van der Waals surface area contributed by atoms with Crippen LogP contribution in [0.1, 0.15) is 31.2 Å². The molecule has 1 saturated carbocycles. The Morgan fingerprint density at radius 2 is 1.89 bits per heavy atom. The second-order valence-corrected chi connectivity index (χ2v) is 7.86. The molecule has 1 aliphatic heterocycles. The Bertz CT molecular complexity index is 564. The van der Waals surface area contributed by atoms with E-state index in [1.165, 1.54) is 12.8 Å². The molecule has 0 unspecified atom stereocenters. The molecular formula is C14H19NO3S. The Morgan fingerprint density at radius 1 is 1.21 bits per heavy atom. The second kappa shape index (κ2) is 4.49. The van der Waals surface area contributed by atoms with Crippen molar-refractivity contribution in [2.24, 2.45) is 5.73 Å². The molecule has 104 valence electrons. The van der Waals surface area contributed by atoms with E-state index in [1.807, 2.05) is 24.3 Å². The van der Waals surface area contributed by atoms with Crippen molar-refractivity contribution in [1.29, 1.82) is 0 Å². The lowest BCUT2D eigenvalue weighted by atomic mass is 9.89. The van der Waals surface area contributed by atoms with Gasteiger partial charge in [0.2, 0.25) is 0 Å². The Balaban J connectivity index is 1.73. The molecule has 4 nitrogen and oxygen atoms in total. The lowest BCUT2D eigenvalue weighted by molar-refractivity contribution is 0.229. The minimum atomic E-state index is -2.84. The van der Waals surface area contributed by atoms with Crippen molar-refractivity contribution in [1.82, 2.24) is 0 Å². The molecule has 2 fully saturated rings. The van der Waals surface area contributed by atoms with E-state index < -0.39 is 9.84 Å². The lowest BCUT2D eigenvalue weighted by Gasteiger charge is -2.28. The summed E-state index contributed by atoms with van der Waals surface area (Å²) in [5.74, 6) is 0.991. The molecule has 2 aliphatic rings. The van der Waals surface area contributed by atoms with Gasteiger partial charge < -0.3 is 10.5 Å². The first-order chi connectivity index (χ1) is 8.97. The molecule has 0 bridgehead atoms. The fourth-order valence-electron chi connectivity index (χ4n) is 2.95. The van der Waals surface area contributed by atoms with Gasteiger partial charge in [0.15, 0.2) is 9.84 Å². The van der Waals surface area contributed by atoms with Gasteiger partial charge in [-0.05, 0) is 30.5 Å².